The molecule has 1 aliphatic heterocycles. The third-order valence-electron chi connectivity index (χ3n) is 2.89. The van der Waals surface area contributed by atoms with Gasteiger partial charge in [-0.2, -0.15) is 13.2 Å². The monoisotopic (exact) mass is 275 g/mol. The van der Waals surface area contributed by atoms with Gasteiger partial charge >= 0.3 is 12.3 Å². The number of hydrogen-bond acceptors (Lipinski definition) is 3. The summed E-state index contributed by atoms with van der Waals surface area (Å²) in [5, 5.41) is 9.06. The SMILES string of the molecule is O=C1OCC(CO)N1Cc1cccc(C(F)(F)F)c1. The van der Waals surface area contributed by atoms with Gasteiger partial charge in [-0.05, 0) is 17.7 Å². The lowest BCUT2D eigenvalue weighted by Crippen LogP contribution is -2.35. The lowest BCUT2D eigenvalue weighted by atomic mass is 10.1. The van der Waals surface area contributed by atoms with Gasteiger partial charge in [-0.15, -0.1) is 0 Å². The zero-order chi connectivity index (χ0) is 14.0. The predicted octanol–water partition coefficient (Wildman–Crippen LogP) is 2.02. The van der Waals surface area contributed by atoms with Crippen molar-refractivity contribution in [2.24, 2.45) is 0 Å². The number of amides is 1. The van der Waals surface area contributed by atoms with Crippen molar-refractivity contribution in [3.63, 3.8) is 0 Å². The summed E-state index contributed by atoms with van der Waals surface area (Å²) in [4.78, 5) is 12.6. The van der Waals surface area contributed by atoms with E-state index in [4.69, 9.17) is 9.84 Å². The molecule has 1 N–H and O–H groups in total. The number of cyclic esters (lactones) is 1. The van der Waals surface area contributed by atoms with Gasteiger partial charge in [0.1, 0.15) is 6.61 Å². The third kappa shape index (κ3) is 2.98. The Morgan fingerprint density at radius 2 is 2.16 bits per heavy atom. The van der Waals surface area contributed by atoms with Crippen LogP contribution in [0.4, 0.5) is 18.0 Å². The third-order valence-corrected chi connectivity index (χ3v) is 2.89. The van der Waals surface area contributed by atoms with Crippen LogP contribution in [0.5, 0.6) is 0 Å². The van der Waals surface area contributed by atoms with E-state index in [1.807, 2.05) is 0 Å². The Bertz CT molecular complexity index is 476. The van der Waals surface area contributed by atoms with E-state index < -0.39 is 23.9 Å². The molecule has 1 unspecified atom stereocenters. The number of carbonyl (C=O) groups is 1. The molecule has 1 aliphatic rings. The number of halogens is 3. The number of carbonyl (C=O) groups excluding carboxylic acids is 1. The van der Waals surface area contributed by atoms with Gasteiger partial charge in [0.25, 0.3) is 0 Å². The molecule has 7 heteroatoms. The van der Waals surface area contributed by atoms with E-state index in [1.54, 1.807) is 0 Å². The summed E-state index contributed by atoms with van der Waals surface area (Å²) >= 11 is 0. The van der Waals surface area contributed by atoms with Crippen molar-refractivity contribution >= 4 is 6.09 Å². The van der Waals surface area contributed by atoms with E-state index in [0.29, 0.717) is 5.56 Å². The molecule has 0 aromatic heterocycles. The predicted molar refractivity (Wildman–Crippen MR) is 59.2 cm³/mol. The molecule has 1 aromatic carbocycles. The molecule has 1 fully saturated rings. The fourth-order valence-electron chi connectivity index (χ4n) is 1.88. The van der Waals surface area contributed by atoms with Gasteiger partial charge in [0.15, 0.2) is 0 Å². The van der Waals surface area contributed by atoms with Crippen LogP contribution in [-0.2, 0) is 17.5 Å². The Kier molecular flexibility index (Phi) is 3.66. The second-order valence-electron chi connectivity index (χ2n) is 4.24. The molecule has 1 amide bonds. The van der Waals surface area contributed by atoms with Crippen LogP contribution in [0.1, 0.15) is 11.1 Å². The minimum atomic E-state index is -4.42. The fourth-order valence-corrected chi connectivity index (χ4v) is 1.88. The Hall–Kier alpha value is -1.76. The normalized spacial score (nSPS) is 19.7. The van der Waals surface area contributed by atoms with Crippen molar-refractivity contribution in [3.8, 4) is 0 Å². The first-order chi connectivity index (χ1) is 8.91. The highest BCUT2D eigenvalue weighted by Crippen LogP contribution is 2.30. The summed E-state index contributed by atoms with van der Waals surface area (Å²) < 4.78 is 42.4. The Balaban J connectivity index is 2.17. The fraction of sp³-hybridized carbons (Fsp3) is 0.417. The van der Waals surface area contributed by atoms with Gasteiger partial charge in [-0.1, -0.05) is 12.1 Å². The Labute approximate surface area is 107 Å². The average molecular weight is 275 g/mol. The van der Waals surface area contributed by atoms with Crippen molar-refractivity contribution < 1.29 is 27.8 Å². The van der Waals surface area contributed by atoms with Crippen molar-refractivity contribution in [2.45, 2.75) is 18.8 Å². The first-order valence-corrected chi connectivity index (χ1v) is 5.62. The highest BCUT2D eigenvalue weighted by molar-refractivity contribution is 5.70. The number of ether oxygens (including phenoxy) is 1. The average Bonchev–Trinajstić information content (AvgIpc) is 2.70. The maximum atomic E-state index is 12.6. The molecule has 0 aliphatic carbocycles. The van der Waals surface area contributed by atoms with Gasteiger partial charge < -0.3 is 9.84 Å². The number of aliphatic hydroxyl groups is 1. The van der Waals surface area contributed by atoms with Crippen LogP contribution in [0.15, 0.2) is 24.3 Å². The van der Waals surface area contributed by atoms with Crippen molar-refractivity contribution in [2.75, 3.05) is 13.2 Å². The van der Waals surface area contributed by atoms with Crippen molar-refractivity contribution in [1.82, 2.24) is 4.90 Å². The van der Waals surface area contributed by atoms with Crippen LogP contribution in [-0.4, -0.2) is 35.4 Å². The molecule has 104 valence electrons. The van der Waals surface area contributed by atoms with E-state index in [2.05, 4.69) is 0 Å². The van der Waals surface area contributed by atoms with Crippen LogP contribution in [0, 0.1) is 0 Å². The van der Waals surface area contributed by atoms with Crippen LogP contribution >= 0.6 is 0 Å². The quantitative estimate of drug-likeness (QED) is 0.918. The molecule has 0 bridgehead atoms. The van der Waals surface area contributed by atoms with E-state index in [-0.39, 0.29) is 19.8 Å². The standard InChI is InChI=1S/C12H12F3NO3/c13-12(14,15)9-3-1-2-8(4-9)5-16-10(6-17)7-19-11(16)18/h1-4,10,17H,5-7H2. The lowest BCUT2D eigenvalue weighted by molar-refractivity contribution is -0.137. The minimum absolute atomic E-state index is 0.0199. The number of aliphatic hydroxyl groups excluding tert-OH is 1. The molecule has 0 saturated carbocycles. The smallest absolute Gasteiger partial charge is 0.416 e. The molecular weight excluding hydrogens is 263 g/mol. The van der Waals surface area contributed by atoms with Gasteiger partial charge in [-0.3, -0.25) is 4.90 Å². The summed E-state index contributed by atoms with van der Waals surface area (Å²) in [6, 6.07) is 4.22. The van der Waals surface area contributed by atoms with E-state index in [1.165, 1.54) is 17.0 Å². The Morgan fingerprint density at radius 3 is 2.79 bits per heavy atom. The highest BCUT2D eigenvalue weighted by atomic mass is 19.4. The number of rotatable bonds is 3. The molecule has 0 spiro atoms. The number of benzene rings is 1. The lowest BCUT2D eigenvalue weighted by Gasteiger charge is -2.20. The molecule has 19 heavy (non-hydrogen) atoms. The first-order valence-electron chi connectivity index (χ1n) is 5.62. The number of alkyl halides is 3. The van der Waals surface area contributed by atoms with Crippen LogP contribution in [0.3, 0.4) is 0 Å². The molecule has 2 rings (SSSR count). The molecule has 1 aromatic rings. The number of hydrogen-bond donors (Lipinski definition) is 1. The van der Waals surface area contributed by atoms with Crippen LogP contribution in [0.2, 0.25) is 0 Å². The summed E-state index contributed by atoms with van der Waals surface area (Å²) in [6.07, 6.45) is -5.05. The summed E-state index contributed by atoms with van der Waals surface area (Å²) in [7, 11) is 0. The molecule has 1 heterocycles. The highest BCUT2D eigenvalue weighted by Gasteiger charge is 2.34. The maximum absolute atomic E-state index is 12.6. The largest absolute Gasteiger partial charge is 0.447 e. The maximum Gasteiger partial charge on any atom is 0.416 e. The Morgan fingerprint density at radius 1 is 1.42 bits per heavy atom. The van der Waals surface area contributed by atoms with Crippen LogP contribution < -0.4 is 0 Å². The molecular formula is C12H12F3NO3. The second kappa shape index (κ2) is 5.08. The molecule has 4 nitrogen and oxygen atoms in total. The van der Waals surface area contributed by atoms with Crippen LogP contribution in [0.25, 0.3) is 0 Å². The van der Waals surface area contributed by atoms with Gasteiger partial charge in [0.05, 0.1) is 18.2 Å². The molecule has 0 radical (unpaired) electrons. The molecule has 1 atom stereocenters. The summed E-state index contributed by atoms with van der Waals surface area (Å²) in [6.45, 7) is -0.257. The zero-order valence-corrected chi connectivity index (χ0v) is 9.85. The summed E-state index contributed by atoms with van der Waals surface area (Å²) in [5.41, 5.74) is -0.426. The second-order valence-corrected chi connectivity index (χ2v) is 4.24. The van der Waals surface area contributed by atoms with Gasteiger partial charge in [0.2, 0.25) is 0 Å². The number of nitrogens with zero attached hydrogens (tertiary/aromatic N) is 1. The van der Waals surface area contributed by atoms with Gasteiger partial charge in [0, 0.05) is 6.54 Å². The van der Waals surface area contributed by atoms with Crippen molar-refractivity contribution in [1.29, 1.82) is 0 Å². The zero-order valence-electron chi connectivity index (χ0n) is 9.85. The molecule has 1 saturated heterocycles. The summed E-state index contributed by atoms with van der Waals surface area (Å²) in [5.74, 6) is 0. The van der Waals surface area contributed by atoms with Gasteiger partial charge in [-0.25, -0.2) is 4.79 Å². The van der Waals surface area contributed by atoms with Crippen molar-refractivity contribution in [3.05, 3.63) is 35.4 Å². The van der Waals surface area contributed by atoms with E-state index >= 15 is 0 Å². The first kappa shape index (κ1) is 13.7. The van der Waals surface area contributed by atoms with E-state index in [9.17, 15) is 18.0 Å². The minimum Gasteiger partial charge on any atom is -0.447 e. The van der Waals surface area contributed by atoms with E-state index in [0.717, 1.165) is 12.1 Å². The topological polar surface area (TPSA) is 49.8 Å².